The summed E-state index contributed by atoms with van der Waals surface area (Å²) in [5.41, 5.74) is 0.894. The number of nitrogens with zero attached hydrogens (tertiary/aromatic N) is 2. The summed E-state index contributed by atoms with van der Waals surface area (Å²) < 4.78 is 0. The van der Waals surface area contributed by atoms with Crippen LogP contribution in [0.4, 0.5) is 11.4 Å². The summed E-state index contributed by atoms with van der Waals surface area (Å²) in [5, 5.41) is 53.4. The molecule has 112 valence electrons. The normalized spacial score (nSPS) is 31.9. The predicted molar refractivity (Wildman–Crippen MR) is 69.7 cm³/mol. The van der Waals surface area contributed by atoms with Gasteiger partial charge in [-0.3, -0.25) is 10.2 Å². The molecule has 0 amide bonds. The molecule has 2 atom stereocenters. The van der Waals surface area contributed by atoms with Gasteiger partial charge in [0.1, 0.15) is 6.61 Å². The number of quaternary nitrogens is 2. The van der Waals surface area contributed by atoms with Crippen molar-refractivity contribution in [3.05, 3.63) is 34.7 Å². The van der Waals surface area contributed by atoms with Gasteiger partial charge in [0.2, 0.25) is 5.69 Å². The van der Waals surface area contributed by atoms with Crippen LogP contribution in [-0.4, -0.2) is 28.1 Å². The molecule has 2 unspecified atom stereocenters. The molecule has 0 saturated carbocycles. The zero-order chi connectivity index (χ0) is 15.0. The Morgan fingerprint density at radius 3 is 2.45 bits per heavy atom. The van der Waals surface area contributed by atoms with Crippen LogP contribution < -0.4 is 15.2 Å². The fourth-order valence-electron chi connectivity index (χ4n) is 1.90. The minimum Gasteiger partial charge on any atom is -0.588 e. The molecular formula is C11H17N3O6. The van der Waals surface area contributed by atoms with E-state index in [9.17, 15) is 25.8 Å². The highest BCUT2D eigenvalue weighted by molar-refractivity contribution is 5.67. The lowest BCUT2D eigenvalue weighted by Crippen LogP contribution is -2.79. The van der Waals surface area contributed by atoms with Crippen LogP contribution in [0.25, 0.3) is 0 Å². The predicted octanol–water partition coefficient (Wildman–Crippen LogP) is 0.532. The Hall–Kier alpha value is -1.14. The maximum atomic E-state index is 12.5. The van der Waals surface area contributed by atoms with Gasteiger partial charge in [-0.2, -0.15) is 4.84 Å². The number of unbranched alkanes of at least 4 members (excludes halogenated alkanes) is 1. The van der Waals surface area contributed by atoms with Crippen LogP contribution in [0.2, 0.25) is 0 Å². The Kier molecular flexibility index (Phi) is 3.81. The molecule has 9 heteroatoms. The van der Waals surface area contributed by atoms with Crippen LogP contribution in [0.3, 0.4) is 0 Å². The third-order valence-electron chi connectivity index (χ3n) is 3.02. The van der Waals surface area contributed by atoms with Crippen molar-refractivity contribution in [2.45, 2.75) is 25.8 Å². The van der Waals surface area contributed by atoms with E-state index in [1.54, 1.807) is 5.43 Å². The summed E-state index contributed by atoms with van der Waals surface area (Å²) in [4.78, 5) is 0.732. The largest absolute Gasteiger partial charge is 0.588 e. The van der Waals surface area contributed by atoms with Gasteiger partial charge in [-0.05, 0) is 11.8 Å². The van der Waals surface area contributed by atoms with Gasteiger partial charge in [0.25, 0.3) is 5.69 Å². The quantitative estimate of drug-likeness (QED) is 0.275. The molecule has 1 aromatic carbocycles. The van der Waals surface area contributed by atoms with Gasteiger partial charge < -0.3 is 10.4 Å². The van der Waals surface area contributed by atoms with Crippen molar-refractivity contribution < 1.29 is 20.3 Å². The number of benzene rings is 1. The van der Waals surface area contributed by atoms with Gasteiger partial charge in [0, 0.05) is 12.1 Å². The number of para-hydroxylation sites is 2. The fraction of sp³-hybridized carbons (Fsp3) is 0.455. The Labute approximate surface area is 115 Å². The van der Waals surface area contributed by atoms with E-state index in [1.165, 1.54) is 18.2 Å². The van der Waals surface area contributed by atoms with E-state index in [4.69, 9.17) is 4.84 Å². The van der Waals surface area contributed by atoms with Crippen LogP contribution >= 0.6 is 0 Å². The maximum absolute atomic E-state index is 12.5. The molecule has 20 heavy (non-hydrogen) atoms. The zero-order valence-corrected chi connectivity index (χ0v) is 10.9. The number of fused-ring (bicyclic) bond motifs is 1. The molecule has 2 rings (SSSR count). The zero-order valence-electron chi connectivity index (χ0n) is 10.9. The molecule has 4 N–H and O–H groups in total. The van der Waals surface area contributed by atoms with Crippen molar-refractivity contribution in [2.75, 3.05) is 6.61 Å². The van der Waals surface area contributed by atoms with E-state index in [-0.39, 0.29) is 12.3 Å². The lowest BCUT2D eigenvalue weighted by atomic mass is 10.2. The number of rotatable bonds is 4. The molecule has 0 bridgehead atoms. The monoisotopic (exact) mass is 287 g/mol. The minimum atomic E-state index is -3.43. The fourth-order valence-corrected chi connectivity index (χ4v) is 1.90. The second-order valence-corrected chi connectivity index (χ2v) is 4.55. The van der Waals surface area contributed by atoms with E-state index < -0.39 is 21.5 Å². The topological polar surface area (TPSA) is 128 Å². The van der Waals surface area contributed by atoms with Gasteiger partial charge >= 0.3 is 6.03 Å². The Morgan fingerprint density at radius 1 is 1.25 bits per heavy atom. The molecule has 1 aromatic rings. The van der Waals surface area contributed by atoms with Crippen molar-refractivity contribution in [1.29, 1.82) is 0 Å². The molecule has 0 spiro atoms. The highest BCUT2D eigenvalue weighted by atomic mass is 17.0. The van der Waals surface area contributed by atoms with E-state index in [0.29, 0.717) is 6.42 Å². The molecular weight excluding hydrogens is 270 g/mol. The molecule has 0 aliphatic carbocycles. The first kappa shape index (κ1) is 15.3. The summed E-state index contributed by atoms with van der Waals surface area (Å²) in [7, 11) is 0. The number of hydrogen-bond donors (Lipinski definition) is 4. The molecule has 0 fully saturated rings. The van der Waals surface area contributed by atoms with Gasteiger partial charge in [-0.1, -0.05) is 30.4 Å². The number of hydroxylamine groups is 2. The van der Waals surface area contributed by atoms with Crippen LogP contribution in [0.5, 0.6) is 0 Å². The van der Waals surface area contributed by atoms with Crippen LogP contribution in [0.1, 0.15) is 19.8 Å². The lowest BCUT2D eigenvalue weighted by Gasteiger charge is -2.51. The molecule has 9 nitrogen and oxygen atoms in total. The maximum Gasteiger partial charge on any atom is 0.464 e. The third-order valence-corrected chi connectivity index (χ3v) is 3.02. The molecule has 1 heterocycles. The molecule has 1 aliphatic heterocycles. The first-order valence-corrected chi connectivity index (χ1v) is 6.16. The van der Waals surface area contributed by atoms with E-state index in [1.807, 2.05) is 6.92 Å². The number of aliphatic hydroxyl groups is 2. The molecule has 0 saturated heterocycles. The van der Waals surface area contributed by atoms with Gasteiger partial charge in [0.05, 0.1) is 0 Å². The smallest absolute Gasteiger partial charge is 0.464 e. The van der Waals surface area contributed by atoms with Crippen LogP contribution in [0.15, 0.2) is 24.3 Å². The van der Waals surface area contributed by atoms with Crippen molar-refractivity contribution >= 4 is 11.4 Å². The standard InChI is InChI=1S/C11H17N3O6/c1-2-3-8-20-14(19)10-7-5-4-6-9(10)13(17,18)11(15,16)12-14/h4-7,12,15-17H,2-3,8H2,1H3. The summed E-state index contributed by atoms with van der Waals surface area (Å²) in [6.45, 7) is 1.94. The second kappa shape index (κ2) is 5.00. The average Bonchev–Trinajstić information content (AvgIpc) is 2.37. The van der Waals surface area contributed by atoms with Gasteiger partial charge in [0.15, 0.2) is 0 Å². The molecule has 1 aliphatic rings. The number of hydrogen-bond acceptors (Lipinski definition) is 7. The van der Waals surface area contributed by atoms with E-state index >= 15 is 0 Å². The first-order valence-electron chi connectivity index (χ1n) is 6.16. The third kappa shape index (κ3) is 2.31. The van der Waals surface area contributed by atoms with E-state index in [0.717, 1.165) is 12.5 Å². The van der Waals surface area contributed by atoms with Gasteiger partial charge in [-0.25, -0.2) is 5.21 Å². The SMILES string of the molecule is CCCCO[N+]1([O-])NC(O)(O)[N+]([O-])(O)c2ccccc21. The Morgan fingerprint density at radius 2 is 1.85 bits per heavy atom. The van der Waals surface area contributed by atoms with Crippen LogP contribution in [-0.2, 0) is 4.84 Å². The summed E-state index contributed by atoms with van der Waals surface area (Å²) in [5.74, 6) is 0. The van der Waals surface area contributed by atoms with Crippen molar-refractivity contribution in [1.82, 2.24) is 15.2 Å². The lowest BCUT2D eigenvalue weighted by molar-refractivity contribution is -0.391. The van der Waals surface area contributed by atoms with Crippen molar-refractivity contribution in [3.63, 3.8) is 0 Å². The highest BCUT2D eigenvalue weighted by Gasteiger charge is 2.59. The first-order chi connectivity index (χ1) is 9.24. The minimum absolute atomic E-state index is 0.0434. The molecule has 0 aromatic heterocycles. The van der Waals surface area contributed by atoms with Crippen molar-refractivity contribution in [3.8, 4) is 0 Å². The highest BCUT2D eigenvalue weighted by Crippen LogP contribution is 2.42. The average molecular weight is 287 g/mol. The Bertz CT molecular complexity index is 495. The Balaban J connectivity index is 2.45. The van der Waals surface area contributed by atoms with Crippen LogP contribution in [0, 0.1) is 10.4 Å². The van der Waals surface area contributed by atoms with E-state index in [2.05, 4.69) is 0 Å². The summed E-state index contributed by atoms with van der Waals surface area (Å²) in [6, 6.07) is 1.81. The number of nitrogens with one attached hydrogen (secondary N) is 1. The summed E-state index contributed by atoms with van der Waals surface area (Å²) >= 11 is 0. The summed E-state index contributed by atoms with van der Waals surface area (Å²) in [6.07, 6.45) is 1.35. The molecule has 0 radical (unpaired) electrons. The van der Waals surface area contributed by atoms with Crippen molar-refractivity contribution in [2.24, 2.45) is 0 Å². The van der Waals surface area contributed by atoms with Gasteiger partial charge in [-0.15, -0.1) is 4.81 Å². The second-order valence-electron chi connectivity index (χ2n) is 4.55.